The summed E-state index contributed by atoms with van der Waals surface area (Å²) in [6, 6.07) is 12.2. The average molecular weight is 452 g/mol. The van der Waals surface area contributed by atoms with Gasteiger partial charge in [-0.1, -0.05) is 30.0 Å². The Morgan fingerprint density at radius 1 is 1.12 bits per heavy atom. The number of nitrogens with zero attached hydrogens (tertiary/aromatic N) is 3. The Balaban J connectivity index is 1.40. The molecule has 0 spiro atoms. The minimum Gasteiger partial charge on any atom is -0.325 e. The van der Waals surface area contributed by atoms with Crippen molar-refractivity contribution in [2.45, 2.75) is 30.5 Å². The number of aromatic nitrogens is 3. The van der Waals surface area contributed by atoms with Crippen LogP contribution in [0.15, 0.2) is 66.3 Å². The van der Waals surface area contributed by atoms with Crippen LogP contribution in [-0.4, -0.2) is 32.3 Å². The number of hydrogen-bond acceptors (Lipinski definition) is 5. The standard InChI is InChI=1S/C23H22FN5O2S/c1-2-13-29-21(15-7-8-15)27-28-23(29)32-14-20(30)26-19-6-4-3-5-18(19)22(31)25-17-11-9-16(24)10-12-17/h2-6,9-12,15H,1,7-8,13-14H2,(H,25,31)(H,26,30). The van der Waals surface area contributed by atoms with Gasteiger partial charge < -0.3 is 15.2 Å². The molecule has 1 aromatic heterocycles. The van der Waals surface area contributed by atoms with Crippen LogP contribution in [0.2, 0.25) is 0 Å². The van der Waals surface area contributed by atoms with Gasteiger partial charge in [-0.15, -0.1) is 16.8 Å². The molecule has 1 aliphatic rings. The molecule has 0 aliphatic heterocycles. The Kier molecular flexibility index (Phi) is 6.65. The van der Waals surface area contributed by atoms with E-state index in [1.54, 1.807) is 30.3 Å². The topological polar surface area (TPSA) is 88.9 Å². The molecular weight excluding hydrogens is 429 g/mol. The highest BCUT2D eigenvalue weighted by molar-refractivity contribution is 7.99. The van der Waals surface area contributed by atoms with Crippen molar-refractivity contribution in [2.24, 2.45) is 0 Å². The van der Waals surface area contributed by atoms with Gasteiger partial charge in [0.25, 0.3) is 5.91 Å². The summed E-state index contributed by atoms with van der Waals surface area (Å²) in [5, 5.41) is 14.7. The fourth-order valence-corrected chi connectivity index (χ4v) is 3.94. The smallest absolute Gasteiger partial charge is 0.257 e. The molecule has 2 N–H and O–H groups in total. The second kappa shape index (κ2) is 9.78. The summed E-state index contributed by atoms with van der Waals surface area (Å²) in [6.45, 7) is 4.38. The Labute approximate surface area is 189 Å². The zero-order chi connectivity index (χ0) is 22.5. The van der Waals surface area contributed by atoms with Crippen LogP contribution >= 0.6 is 11.8 Å². The molecule has 0 unspecified atom stereocenters. The summed E-state index contributed by atoms with van der Waals surface area (Å²) in [5.41, 5.74) is 1.16. The number of hydrogen-bond donors (Lipinski definition) is 2. The first-order chi connectivity index (χ1) is 15.5. The quantitative estimate of drug-likeness (QED) is 0.370. The predicted molar refractivity (Wildman–Crippen MR) is 122 cm³/mol. The zero-order valence-corrected chi connectivity index (χ0v) is 18.1. The lowest BCUT2D eigenvalue weighted by molar-refractivity contribution is -0.113. The molecule has 4 rings (SSSR count). The third kappa shape index (κ3) is 5.23. The van der Waals surface area contributed by atoms with Gasteiger partial charge in [-0.3, -0.25) is 9.59 Å². The maximum atomic E-state index is 13.1. The van der Waals surface area contributed by atoms with Crippen LogP contribution in [-0.2, 0) is 11.3 Å². The number of amides is 2. The molecule has 1 heterocycles. The second-order valence-electron chi connectivity index (χ2n) is 7.36. The summed E-state index contributed by atoms with van der Waals surface area (Å²) in [6.07, 6.45) is 4.00. The molecule has 1 aliphatic carbocycles. The molecule has 0 saturated heterocycles. The zero-order valence-electron chi connectivity index (χ0n) is 17.3. The van der Waals surface area contributed by atoms with Gasteiger partial charge in [-0.2, -0.15) is 0 Å². The number of carbonyl (C=O) groups is 2. The Hall–Kier alpha value is -3.46. The van der Waals surface area contributed by atoms with Gasteiger partial charge in [-0.05, 0) is 49.2 Å². The average Bonchev–Trinajstić information content (AvgIpc) is 3.56. The molecule has 1 fully saturated rings. The van der Waals surface area contributed by atoms with Gasteiger partial charge in [0.2, 0.25) is 5.91 Å². The Bertz CT molecular complexity index is 1140. The van der Waals surface area contributed by atoms with E-state index < -0.39 is 5.91 Å². The van der Waals surface area contributed by atoms with Gasteiger partial charge in [-0.25, -0.2) is 4.39 Å². The van der Waals surface area contributed by atoms with Crippen molar-refractivity contribution in [3.63, 3.8) is 0 Å². The fourth-order valence-electron chi connectivity index (χ4n) is 3.19. The van der Waals surface area contributed by atoms with Gasteiger partial charge in [0.15, 0.2) is 5.16 Å². The van der Waals surface area contributed by atoms with E-state index in [0.29, 0.717) is 34.6 Å². The highest BCUT2D eigenvalue weighted by Gasteiger charge is 2.30. The number of carbonyl (C=O) groups excluding carboxylic acids is 2. The van der Waals surface area contributed by atoms with Gasteiger partial charge in [0.1, 0.15) is 11.6 Å². The third-order valence-electron chi connectivity index (χ3n) is 4.88. The molecule has 7 nitrogen and oxygen atoms in total. The molecule has 2 aromatic carbocycles. The number of anilines is 2. The normalized spacial score (nSPS) is 12.9. The molecule has 0 bridgehead atoms. The molecular formula is C23H22FN5O2S. The largest absolute Gasteiger partial charge is 0.325 e. The third-order valence-corrected chi connectivity index (χ3v) is 5.85. The van der Waals surface area contributed by atoms with E-state index in [1.165, 1.54) is 36.0 Å². The van der Waals surface area contributed by atoms with Crippen LogP contribution < -0.4 is 10.6 Å². The minimum absolute atomic E-state index is 0.119. The summed E-state index contributed by atoms with van der Waals surface area (Å²) in [7, 11) is 0. The van der Waals surface area contributed by atoms with Crippen LogP contribution in [0.5, 0.6) is 0 Å². The Morgan fingerprint density at radius 3 is 2.59 bits per heavy atom. The van der Waals surface area contributed by atoms with Crippen LogP contribution in [0, 0.1) is 5.82 Å². The van der Waals surface area contributed by atoms with Crippen molar-refractivity contribution in [3.05, 3.63) is 78.4 Å². The van der Waals surface area contributed by atoms with Gasteiger partial charge >= 0.3 is 0 Å². The lowest BCUT2D eigenvalue weighted by atomic mass is 10.1. The molecule has 3 aromatic rings. The first-order valence-corrected chi connectivity index (χ1v) is 11.2. The number of para-hydroxylation sites is 1. The van der Waals surface area contributed by atoms with Gasteiger partial charge in [0, 0.05) is 18.2 Å². The lowest BCUT2D eigenvalue weighted by Gasteiger charge is -2.12. The van der Waals surface area contributed by atoms with Crippen molar-refractivity contribution in [3.8, 4) is 0 Å². The van der Waals surface area contributed by atoms with Crippen molar-refractivity contribution in [2.75, 3.05) is 16.4 Å². The van der Waals surface area contributed by atoms with E-state index in [9.17, 15) is 14.0 Å². The van der Waals surface area contributed by atoms with Crippen molar-refractivity contribution in [1.82, 2.24) is 14.8 Å². The van der Waals surface area contributed by atoms with Crippen LogP contribution in [0.1, 0.15) is 34.9 Å². The fraction of sp³-hybridized carbons (Fsp3) is 0.217. The molecule has 2 amide bonds. The van der Waals surface area contributed by atoms with E-state index in [4.69, 9.17) is 0 Å². The lowest BCUT2D eigenvalue weighted by Crippen LogP contribution is -2.19. The number of halogens is 1. The number of nitrogens with one attached hydrogen (secondary N) is 2. The molecule has 1 saturated carbocycles. The highest BCUT2D eigenvalue weighted by atomic mass is 32.2. The number of rotatable bonds is 9. The molecule has 0 atom stereocenters. The molecule has 9 heteroatoms. The van der Waals surface area contributed by atoms with Crippen LogP contribution in [0.4, 0.5) is 15.8 Å². The second-order valence-corrected chi connectivity index (χ2v) is 8.30. The predicted octanol–water partition coefficient (Wildman–Crippen LogP) is 4.46. The highest BCUT2D eigenvalue weighted by Crippen LogP contribution is 2.40. The van der Waals surface area contributed by atoms with E-state index in [-0.39, 0.29) is 17.5 Å². The number of allylic oxidation sites excluding steroid dienone is 1. The Morgan fingerprint density at radius 2 is 1.88 bits per heavy atom. The van der Waals surface area contributed by atoms with Crippen molar-refractivity contribution < 1.29 is 14.0 Å². The SMILES string of the molecule is C=CCn1c(SCC(=O)Nc2ccccc2C(=O)Nc2ccc(F)cc2)nnc1C1CC1. The summed E-state index contributed by atoms with van der Waals surface area (Å²) >= 11 is 1.29. The molecule has 0 radical (unpaired) electrons. The molecule has 164 valence electrons. The number of benzene rings is 2. The van der Waals surface area contributed by atoms with Gasteiger partial charge in [0.05, 0.1) is 17.0 Å². The van der Waals surface area contributed by atoms with Crippen LogP contribution in [0.3, 0.4) is 0 Å². The maximum absolute atomic E-state index is 13.1. The summed E-state index contributed by atoms with van der Waals surface area (Å²) < 4.78 is 15.1. The van der Waals surface area contributed by atoms with E-state index in [0.717, 1.165) is 18.7 Å². The van der Waals surface area contributed by atoms with E-state index in [2.05, 4.69) is 27.4 Å². The monoisotopic (exact) mass is 451 g/mol. The van der Waals surface area contributed by atoms with Crippen molar-refractivity contribution in [1.29, 1.82) is 0 Å². The maximum Gasteiger partial charge on any atom is 0.257 e. The first kappa shape index (κ1) is 21.8. The summed E-state index contributed by atoms with van der Waals surface area (Å²) in [4.78, 5) is 25.3. The van der Waals surface area contributed by atoms with Crippen LogP contribution in [0.25, 0.3) is 0 Å². The minimum atomic E-state index is -0.403. The first-order valence-electron chi connectivity index (χ1n) is 10.2. The van der Waals surface area contributed by atoms with E-state index >= 15 is 0 Å². The number of thioether (sulfide) groups is 1. The van der Waals surface area contributed by atoms with E-state index in [1.807, 2.05) is 4.57 Å². The van der Waals surface area contributed by atoms with Crippen molar-refractivity contribution >= 4 is 35.0 Å². The molecule has 32 heavy (non-hydrogen) atoms. The summed E-state index contributed by atoms with van der Waals surface area (Å²) in [5.74, 6) is 0.445.